The summed E-state index contributed by atoms with van der Waals surface area (Å²) in [6.07, 6.45) is 3.86. The second-order valence-corrected chi connectivity index (χ2v) is 7.50. The number of nitrogens with one attached hydrogen (secondary N) is 2. The van der Waals surface area contributed by atoms with Crippen LogP contribution in [0.3, 0.4) is 0 Å². The lowest BCUT2D eigenvalue weighted by molar-refractivity contribution is -0.146. The summed E-state index contributed by atoms with van der Waals surface area (Å²) in [5.41, 5.74) is 0.110. The Morgan fingerprint density at radius 2 is 1.93 bits per heavy atom. The van der Waals surface area contributed by atoms with Crippen molar-refractivity contribution in [2.75, 3.05) is 19.0 Å². The van der Waals surface area contributed by atoms with E-state index in [2.05, 4.69) is 20.8 Å². The van der Waals surface area contributed by atoms with Gasteiger partial charge in [-0.3, -0.25) is 4.79 Å². The number of thioether (sulfide) groups is 1. The highest BCUT2D eigenvalue weighted by Gasteiger charge is 2.22. The molecule has 1 unspecified atom stereocenters. The minimum absolute atomic E-state index is 0.231. The molecule has 0 aromatic carbocycles. The third kappa shape index (κ3) is 7.41. The Hall–Kier alpha value is -2.36. The molecule has 2 N–H and O–H groups in total. The first-order chi connectivity index (χ1) is 12.7. The molecule has 1 heterocycles. The van der Waals surface area contributed by atoms with Crippen molar-refractivity contribution in [1.82, 2.24) is 25.6 Å². The van der Waals surface area contributed by atoms with Crippen LogP contribution in [-0.4, -0.2) is 52.3 Å². The molecule has 0 aliphatic rings. The highest BCUT2D eigenvalue weighted by molar-refractivity contribution is 8.07. The highest BCUT2D eigenvalue weighted by atomic mass is 32.2. The van der Waals surface area contributed by atoms with E-state index < -0.39 is 11.3 Å². The fraction of sp³-hybridized carbons (Fsp3) is 0.588. The van der Waals surface area contributed by atoms with Crippen molar-refractivity contribution < 1.29 is 19.1 Å². The molecule has 0 aliphatic heterocycles. The number of carbonyl (C=O) groups excluding carboxylic acids is 3. The maximum absolute atomic E-state index is 12.0. The van der Waals surface area contributed by atoms with E-state index >= 15 is 0 Å². The van der Waals surface area contributed by atoms with Crippen molar-refractivity contribution in [3.05, 3.63) is 18.0 Å². The molecule has 1 aromatic rings. The molecule has 1 rings (SSSR count). The number of carbonyl (C=O) groups is 3. The number of urea groups is 1. The third-order valence-corrected chi connectivity index (χ3v) is 4.74. The molecule has 0 saturated carbocycles. The van der Waals surface area contributed by atoms with E-state index in [4.69, 9.17) is 4.74 Å². The van der Waals surface area contributed by atoms with Crippen LogP contribution in [0.1, 0.15) is 34.6 Å². The van der Waals surface area contributed by atoms with Crippen LogP contribution in [0.25, 0.3) is 5.03 Å². The van der Waals surface area contributed by atoms with E-state index in [1.165, 1.54) is 29.0 Å². The Balaban J connectivity index is 2.75. The molecule has 1 aromatic heterocycles. The van der Waals surface area contributed by atoms with Crippen molar-refractivity contribution in [1.29, 1.82) is 0 Å². The number of hydrogen-bond acceptors (Lipinski definition) is 7. The highest BCUT2D eigenvalue weighted by Crippen LogP contribution is 2.27. The van der Waals surface area contributed by atoms with Gasteiger partial charge in [0.05, 0.1) is 30.8 Å². The summed E-state index contributed by atoms with van der Waals surface area (Å²) in [4.78, 5) is 36.2. The summed E-state index contributed by atoms with van der Waals surface area (Å²) in [5.74, 6) is -0.570. The second kappa shape index (κ2) is 10.7. The van der Waals surface area contributed by atoms with Crippen LogP contribution in [-0.2, 0) is 14.3 Å². The van der Waals surface area contributed by atoms with Gasteiger partial charge in [0.25, 0.3) is 0 Å². The van der Waals surface area contributed by atoms with Gasteiger partial charge in [-0.2, -0.15) is 10.2 Å². The second-order valence-electron chi connectivity index (χ2n) is 6.53. The molecule has 0 aliphatic carbocycles. The summed E-state index contributed by atoms with van der Waals surface area (Å²) < 4.78 is 5.07. The molecule has 1 atom stereocenters. The first-order valence-corrected chi connectivity index (χ1v) is 9.55. The predicted octanol–water partition coefficient (Wildman–Crippen LogP) is 1.88. The molecule has 0 fully saturated rings. The number of rotatable bonds is 10. The van der Waals surface area contributed by atoms with Crippen LogP contribution in [0.2, 0.25) is 0 Å². The maximum atomic E-state index is 12.0. The summed E-state index contributed by atoms with van der Waals surface area (Å²) in [7, 11) is 0. The number of ether oxygens (including phenoxy) is 1. The largest absolute Gasteiger partial charge is 0.466 e. The molecule has 0 spiro atoms. The van der Waals surface area contributed by atoms with Gasteiger partial charge in [0.15, 0.2) is 0 Å². The zero-order chi connectivity index (χ0) is 20.4. The van der Waals surface area contributed by atoms with Gasteiger partial charge in [-0.05, 0) is 26.3 Å². The van der Waals surface area contributed by atoms with E-state index in [9.17, 15) is 14.4 Å². The van der Waals surface area contributed by atoms with Gasteiger partial charge < -0.3 is 20.2 Å². The smallest absolute Gasteiger partial charge is 0.315 e. The molecule has 0 bridgehead atoms. The van der Waals surface area contributed by atoms with Crippen LogP contribution < -0.4 is 10.6 Å². The summed E-state index contributed by atoms with van der Waals surface area (Å²) in [6, 6.07) is -0.388. The fourth-order valence-corrected chi connectivity index (χ4v) is 2.82. The summed E-state index contributed by atoms with van der Waals surface area (Å²) in [5, 5.41) is 14.2. The van der Waals surface area contributed by atoms with Crippen LogP contribution in [0.4, 0.5) is 4.79 Å². The number of hydrogen-bond donors (Lipinski definition) is 2. The Kier molecular flexibility index (Phi) is 8.99. The Labute approximate surface area is 163 Å². The van der Waals surface area contributed by atoms with Gasteiger partial charge in [-0.1, -0.05) is 25.6 Å². The van der Waals surface area contributed by atoms with E-state index in [0.717, 1.165) is 11.9 Å². The number of aldehydes is 1. The average molecular weight is 398 g/mol. The first-order valence-electron chi connectivity index (χ1n) is 8.56. The first kappa shape index (κ1) is 22.7. The maximum Gasteiger partial charge on any atom is 0.315 e. The Morgan fingerprint density at radius 1 is 1.30 bits per heavy atom. The quantitative estimate of drug-likeness (QED) is 0.352. The molecule has 10 heteroatoms. The van der Waals surface area contributed by atoms with Gasteiger partial charge in [0.1, 0.15) is 11.3 Å². The zero-order valence-corrected chi connectivity index (χ0v) is 17.1. The van der Waals surface area contributed by atoms with Crippen LogP contribution in [0, 0.1) is 11.3 Å². The Bertz CT molecular complexity index is 673. The van der Waals surface area contributed by atoms with Gasteiger partial charge >= 0.3 is 12.0 Å². The molecular formula is C17H27N5O4S. The van der Waals surface area contributed by atoms with Crippen molar-refractivity contribution in [3.63, 3.8) is 0 Å². The lowest BCUT2D eigenvalue weighted by Crippen LogP contribution is -2.41. The average Bonchev–Trinajstić information content (AvgIpc) is 3.17. The molecule has 0 saturated heterocycles. The van der Waals surface area contributed by atoms with E-state index in [1.54, 1.807) is 34.6 Å². The van der Waals surface area contributed by atoms with Crippen LogP contribution in [0.5, 0.6) is 0 Å². The molecule has 150 valence electrons. The topological polar surface area (TPSA) is 115 Å². The van der Waals surface area contributed by atoms with E-state index in [0.29, 0.717) is 11.6 Å². The van der Waals surface area contributed by atoms with Gasteiger partial charge in [-0.15, -0.1) is 4.80 Å². The Morgan fingerprint density at radius 3 is 2.48 bits per heavy atom. The third-order valence-electron chi connectivity index (χ3n) is 3.69. The van der Waals surface area contributed by atoms with Crippen molar-refractivity contribution in [3.8, 4) is 0 Å². The molecular weight excluding hydrogens is 370 g/mol. The van der Waals surface area contributed by atoms with Crippen LogP contribution >= 0.6 is 11.8 Å². The summed E-state index contributed by atoms with van der Waals surface area (Å²) in [6.45, 7) is 9.31. The minimum Gasteiger partial charge on any atom is -0.466 e. The molecule has 9 nitrogen and oxygen atoms in total. The SMILES string of the molecule is CCOC(=O)C(C)/C(C)=C(\SCNC(=O)NCC(C)(C)C=O)n1nccn1. The zero-order valence-electron chi connectivity index (χ0n) is 16.3. The standard InChI is InChI=1S/C17H27N5O4S/c1-6-26-15(24)13(3)12(2)14(22-20-7-8-21-22)27-11-19-16(25)18-9-17(4,5)10-23/h7-8,10,13H,6,9,11H2,1-5H3,(H2,18,19,25)/b14-12-. The molecule has 27 heavy (non-hydrogen) atoms. The predicted molar refractivity (Wildman–Crippen MR) is 104 cm³/mol. The number of nitrogens with zero attached hydrogens (tertiary/aromatic N) is 3. The summed E-state index contributed by atoms with van der Waals surface area (Å²) >= 11 is 1.29. The van der Waals surface area contributed by atoms with Crippen molar-refractivity contribution in [2.45, 2.75) is 34.6 Å². The van der Waals surface area contributed by atoms with Crippen molar-refractivity contribution >= 4 is 35.1 Å². The van der Waals surface area contributed by atoms with Crippen molar-refractivity contribution in [2.24, 2.45) is 11.3 Å². The normalized spacial score (nSPS) is 13.4. The minimum atomic E-state index is -0.625. The van der Waals surface area contributed by atoms with Gasteiger partial charge in [0, 0.05) is 12.0 Å². The van der Waals surface area contributed by atoms with E-state index in [-0.39, 0.29) is 24.4 Å². The molecule has 2 amide bonds. The van der Waals surface area contributed by atoms with Gasteiger partial charge in [0.2, 0.25) is 0 Å². The van der Waals surface area contributed by atoms with Crippen LogP contribution in [0.15, 0.2) is 18.0 Å². The van der Waals surface area contributed by atoms with Gasteiger partial charge in [-0.25, -0.2) is 4.79 Å². The molecule has 0 radical (unpaired) electrons. The number of esters is 1. The number of amides is 2. The lowest BCUT2D eigenvalue weighted by atomic mass is 9.96. The van der Waals surface area contributed by atoms with E-state index in [1.807, 2.05) is 0 Å². The monoisotopic (exact) mass is 397 g/mol. The lowest BCUT2D eigenvalue weighted by Gasteiger charge is -2.18. The fourth-order valence-electron chi connectivity index (χ4n) is 1.86. The number of aromatic nitrogens is 3.